The first-order valence-electron chi connectivity index (χ1n) is 8.60. The molecule has 0 atom stereocenters. The summed E-state index contributed by atoms with van der Waals surface area (Å²) in [6, 6.07) is 7.64. The minimum Gasteiger partial charge on any atom is -0.383 e. The Kier molecular flexibility index (Phi) is 5.35. The van der Waals surface area contributed by atoms with Crippen molar-refractivity contribution in [2.24, 2.45) is 5.92 Å². The molecule has 1 saturated carbocycles. The van der Waals surface area contributed by atoms with E-state index >= 15 is 0 Å². The summed E-state index contributed by atoms with van der Waals surface area (Å²) in [6.45, 7) is 4.28. The molecule has 3 rings (SSSR count). The number of amides is 2. The summed E-state index contributed by atoms with van der Waals surface area (Å²) in [4.78, 5) is 28.3. The Labute approximate surface area is 142 Å². The molecule has 24 heavy (non-hydrogen) atoms. The molecule has 6 heteroatoms. The van der Waals surface area contributed by atoms with E-state index in [-0.39, 0.29) is 5.91 Å². The van der Waals surface area contributed by atoms with Gasteiger partial charge in [0, 0.05) is 57.0 Å². The van der Waals surface area contributed by atoms with Crippen LogP contribution in [0.2, 0.25) is 0 Å². The van der Waals surface area contributed by atoms with E-state index in [1.54, 1.807) is 7.11 Å². The quantitative estimate of drug-likeness (QED) is 0.794. The lowest BCUT2D eigenvalue weighted by Crippen LogP contribution is -2.49. The van der Waals surface area contributed by atoms with Gasteiger partial charge in [0.1, 0.15) is 0 Å². The van der Waals surface area contributed by atoms with Crippen molar-refractivity contribution >= 4 is 17.5 Å². The second-order valence-corrected chi connectivity index (χ2v) is 6.38. The highest BCUT2D eigenvalue weighted by Crippen LogP contribution is 2.31. The summed E-state index contributed by atoms with van der Waals surface area (Å²) >= 11 is 0. The normalized spacial score (nSPS) is 17.7. The van der Waals surface area contributed by atoms with Gasteiger partial charge in [-0.25, -0.2) is 0 Å². The maximum atomic E-state index is 12.1. The van der Waals surface area contributed by atoms with Crippen molar-refractivity contribution < 1.29 is 14.3 Å². The third kappa shape index (κ3) is 4.06. The molecule has 130 valence electrons. The zero-order valence-corrected chi connectivity index (χ0v) is 14.2. The number of nitrogens with zero attached hydrogens (tertiary/aromatic N) is 2. The smallest absolute Gasteiger partial charge is 0.251 e. The van der Waals surface area contributed by atoms with E-state index < -0.39 is 0 Å². The number of benzene rings is 1. The average molecular weight is 331 g/mol. The zero-order valence-electron chi connectivity index (χ0n) is 14.2. The highest BCUT2D eigenvalue weighted by Gasteiger charge is 2.34. The first kappa shape index (κ1) is 16.8. The van der Waals surface area contributed by atoms with Gasteiger partial charge in [-0.3, -0.25) is 9.59 Å². The maximum absolute atomic E-state index is 12.1. The lowest BCUT2D eigenvalue weighted by molar-refractivity contribution is -0.132. The van der Waals surface area contributed by atoms with Crippen LogP contribution in [0.5, 0.6) is 0 Å². The molecular formula is C18H25N3O3. The molecule has 2 amide bonds. The molecule has 1 saturated heterocycles. The minimum atomic E-state index is -0.0848. The van der Waals surface area contributed by atoms with Gasteiger partial charge in [0.25, 0.3) is 5.91 Å². The number of nitrogens with one attached hydrogen (secondary N) is 1. The highest BCUT2D eigenvalue weighted by molar-refractivity contribution is 5.94. The molecular weight excluding hydrogens is 306 g/mol. The predicted molar refractivity (Wildman–Crippen MR) is 92.2 cm³/mol. The van der Waals surface area contributed by atoms with Gasteiger partial charge in [-0.05, 0) is 37.1 Å². The van der Waals surface area contributed by atoms with E-state index in [2.05, 4.69) is 10.2 Å². The predicted octanol–water partition coefficient (Wildman–Crippen LogP) is 1.12. The van der Waals surface area contributed by atoms with Gasteiger partial charge >= 0.3 is 0 Å². The van der Waals surface area contributed by atoms with Crippen LogP contribution in [0.4, 0.5) is 5.69 Å². The monoisotopic (exact) mass is 331 g/mol. The fourth-order valence-electron chi connectivity index (χ4n) is 2.97. The highest BCUT2D eigenvalue weighted by atomic mass is 16.5. The molecule has 0 unspecified atom stereocenters. The van der Waals surface area contributed by atoms with Gasteiger partial charge in [-0.1, -0.05) is 0 Å². The fourth-order valence-corrected chi connectivity index (χ4v) is 2.97. The molecule has 1 aliphatic carbocycles. The largest absolute Gasteiger partial charge is 0.383 e. The van der Waals surface area contributed by atoms with Gasteiger partial charge in [-0.2, -0.15) is 0 Å². The number of hydrogen-bond donors (Lipinski definition) is 1. The SMILES string of the molecule is COCCNC(=O)c1ccc(N2CCN(C(=O)C3CC3)CC2)cc1. The summed E-state index contributed by atoms with van der Waals surface area (Å²) in [7, 11) is 1.61. The molecule has 1 heterocycles. The number of hydrogen-bond acceptors (Lipinski definition) is 4. The van der Waals surface area contributed by atoms with Crippen LogP contribution < -0.4 is 10.2 Å². The van der Waals surface area contributed by atoms with Gasteiger partial charge in [0.2, 0.25) is 5.91 Å². The van der Waals surface area contributed by atoms with Gasteiger partial charge < -0.3 is 19.9 Å². The standard InChI is InChI=1S/C18H25N3O3/c1-24-13-8-19-17(22)14-4-6-16(7-5-14)20-9-11-21(12-10-20)18(23)15-2-3-15/h4-7,15H,2-3,8-13H2,1H3,(H,19,22). The van der Waals surface area contributed by atoms with Crippen LogP contribution in [0.25, 0.3) is 0 Å². The average Bonchev–Trinajstić information content (AvgIpc) is 3.47. The summed E-state index contributed by atoms with van der Waals surface area (Å²) in [5, 5.41) is 2.81. The summed E-state index contributed by atoms with van der Waals surface area (Å²) < 4.78 is 4.92. The number of methoxy groups -OCH3 is 1. The van der Waals surface area contributed by atoms with Crippen LogP contribution in [-0.4, -0.2) is 63.2 Å². The topological polar surface area (TPSA) is 61.9 Å². The lowest BCUT2D eigenvalue weighted by atomic mass is 10.1. The molecule has 6 nitrogen and oxygen atoms in total. The van der Waals surface area contributed by atoms with E-state index in [9.17, 15) is 9.59 Å². The van der Waals surface area contributed by atoms with E-state index in [0.717, 1.165) is 44.7 Å². The van der Waals surface area contributed by atoms with Crippen molar-refractivity contribution in [3.05, 3.63) is 29.8 Å². The van der Waals surface area contributed by atoms with Crippen LogP contribution in [-0.2, 0) is 9.53 Å². The van der Waals surface area contributed by atoms with Crippen LogP contribution in [0.3, 0.4) is 0 Å². The summed E-state index contributed by atoms with van der Waals surface area (Å²) in [5.74, 6) is 0.545. The van der Waals surface area contributed by atoms with Crippen LogP contribution in [0, 0.1) is 5.92 Å². The molecule has 1 N–H and O–H groups in total. The number of carbonyl (C=O) groups is 2. The zero-order chi connectivity index (χ0) is 16.9. The first-order chi connectivity index (χ1) is 11.7. The Morgan fingerprint density at radius 1 is 1.12 bits per heavy atom. The first-order valence-corrected chi connectivity index (χ1v) is 8.60. The van der Waals surface area contributed by atoms with E-state index in [0.29, 0.717) is 30.5 Å². The minimum absolute atomic E-state index is 0.0848. The molecule has 1 aromatic carbocycles. The number of rotatable bonds is 6. The second kappa shape index (κ2) is 7.66. The molecule has 1 aliphatic heterocycles. The van der Waals surface area contributed by atoms with E-state index in [1.807, 2.05) is 29.2 Å². The molecule has 0 bridgehead atoms. The molecule has 2 aliphatic rings. The number of piperazine rings is 1. The van der Waals surface area contributed by atoms with Crippen LogP contribution >= 0.6 is 0 Å². The Bertz CT molecular complexity index is 576. The van der Waals surface area contributed by atoms with Gasteiger partial charge in [-0.15, -0.1) is 0 Å². The second-order valence-electron chi connectivity index (χ2n) is 6.38. The Morgan fingerprint density at radius 2 is 1.79 bits per heavy atom. The van der Waals surface area contributed by atoms with Crippen LogP contribution in [0.1, 0.15) is 23.2 Å². The van der Waals surface area contributed by atoms with Gasteiger partial charge in [0.05, 0.1) is 6.61 Å². The number of ether oxygens (including phenoxy) is 1. The van der Waals surface area contributed by atoms with Crippen molar-refractivity contribution in [1.29, 1.82) is 0 Å². The fraction of sp³-hybridized carbons (Fsp3) is 0.556. The van der Waals surface area contributed by atoms with Crippen molar-refractivity contribution in [3.8, 4) is 0 Å². The number of carbonyl (C=O) groups excluding carboxylic acids is 2. The Balaban J connectivity index is 1.50. The third-order valence-electron chi connectivity index (χ3n) is 4.60. The molecule has 0 radical (unpaired) electrons. The van der Waals surface area contributed by atoms with Crippen molar-refractivity contribution in [2.45, 2.75) is 12.8 Å². The summed E-state index contributed by atoms with van der Waals surface area (Å²) in [6.07, 6.45) is 2.12. The molecule has 2 fully saturated rings. The van der Waals surface area contributed by atoms with Crippen molar-refractivity contribution in [2.75, 3.05) is 51.3 Å². The van der Waals surface area contributed by atoms with E-state index in [4.69, 9.17) is 4.74 Å². The molecule has 1 aromatic rings. The third-order valence-corrected chi connectivity index (χ3v) is 4.60. The van der Waals surface area contributed by atoms with Crippen molar-refractivity contribution in [3.63, 3.8) is 0 Å². The maximum Gasteiger partial charge on any atom is 0.251 e. The van der Waals surface area contributed by atoms with Crippen LogP contribution in [0.15, 0.2) is 24.3 Å². The van der Waals surface area contributed by atoms with Crippen molar-refractivity contribution in [1.82, 2.24) is 10.2 Å². The number of anilines is 1. The Morgan fingerprint density at radius 3 is 2.38 bits per heavy atom. The molecule has 0 aromatic heterocycles. The van der Waals surface area contributed by atoms with E-state index in [1.165, 1.54) is 0 Å². The summed E-state index contributed by atoms with van der Waals surface area (Å²) in [5.41, 5.74) is 1.75. The van der Waals surface area contributed by atoms with Gasteiger partial charge in [0.15, 0.2) is 0 Å². The Hall–Kier alpha value is -2.08. The molecule has 0 spiro atoms. The lowest BCUT2D eigenvalue weighted by Gasteiger charge is -2.36.